The van der Waals surface area contributed by atoms with Crippen LogP contribution in [0, 0.1) is 12.3 Å². The Labute approximate surface area is 267 Å². The molecule has 3 heterocycles. The van der Waals surface area contributed by atoms with Crippen LogP contribution in [0.1, 0.15) is 24.1 Å². The van der Waals surface area contributed by atoms with Gasteiger partial charge in [0.1, 0.15) is 28.8 Å². The zero-order valence-electron chi connectivity index (χ0n) is 22.8. The van der Waals surface area contributed by atoms with Crippen LogP contribution in [0.2, 0.25) is 10.0 Å². The minimum atomic E-state index is -4.13. The van der Waals surface area contributed by atoms with E-state index in [0.717, 1.165) is 11.1 Å². The summed E-state index contributed by atoms with van der Waals surface area (Å²) in [5, 5.41) is 8.73. The molecule has 0 saturated carbocycles. The minimum Gasteiger partial charge on any atom is -0.487 e. The van der Waals surface area contributed by atoms with Crippen molar-refractivity contribution >= 4 is 80.8 Å². The number of guanidine groups is 1. The van der Waals surface area contributed by atoms with Crippen molar-refractivity contribution in [1.82, 2.24) is 19.1 Å². The number of hydrogen-bond acceptors (Lipinski definition) is 6. The number of nitrogens with zero attached hydrogens (tertiary/aromatic N) is 4. The number of carbonyl (C=O) groups is 1. The van der Waals surface area contributed by atoms with Gasteiger partial charge in [0.25, 0.3) is 0 Å². The number of nitrogens with two attached hydrogens (primary N) is 1. The predicted molar refractivity (Wildman–Crippen MR) is 169 cm³/mol. The molecule has 228 valence electrons. The van der Waals surface area contributed by atoms with Gasteiger partial charge in [0.15, 0.2) is 5.96 Å². The van der Waals surface area contributed by atoms with Crippen LogP contribution in [-0.2, 0) is 21.4 Å². The van der Waals surface area contributed by atoms with E-state index < -0.39 is 16.1 Å². The van der Waals surface area contributed by atoms with E-state index in [1.165, 1.54) is 16.4 Å². The molecule has 10 nitrogen and oxygen atoms in total. The Morgan fingerprint density at radius 1 is 1.05 bits per heavy atom. The molecule has 5 rings (SSSR count). The smallest absolute Gasteiger partial charge is 0.245 e. The van der Waals surface area contributed by atoms with Gasteiger partial charge < -0.3 is 20.3 Å². The predicted octanol–water partition coefficient (Wildman–Crippen LogP) is 4.46. The van der Waals surface area contributed by atoms with Crippen molar-refractivity contribution in [3.63, 3.8) is 0 Å². The Balaban J connectivity index is 0.00000242. The number of hydrogen-bond donors (Lipinski definition) is 2. The molecule has 2 fully saturated rings. The molecule has 2 aliphatic rings. The SMILES string of the molecule is Cc1ccc2cccc(OCc3c(Cl)ccc(S(=O)(=O)N4CCCC4C(=O)N4CCN(C(=N)N)CC4)c3Cl)c2n1.Cl.Cl. The Kier molecular flexibility index (Phi) is 11.2. The lowest BCUT2D eigenvalue weighted by atomic mass is 10.2. The number of sulfonamides is 1. The molecular formula is C27H32Cl4N6O4S. The molecule has 0 radical (unpaired) electrons. The highest BCUT2D eigenvalue weighted by atomic mass is 35.5. The number of fused-ring (bicyclic) bond motifs is 1. The Morgan fingerprint density at radius 2 is 1.74 bits per heavy atom. The normalized spacial score (nSPS) is 17.5. The maximum atomic E-state index is 13.9. The molecule has 0 bridgehead atoms. The van der Waals surface area contributed by atoms with Gasteiger partial charge in [0.2, 0.25) is 15.9 Å². The molecule has 3 aromatic rings. The van der Waals surface area contributed by atoms with Crippen LogP contribution in [0.4, 0.5) is 0 Å². The number of carbonyl (C=O) groups excluding carboxylic acids is 1. The fourth-order valence-electron chi connectivity index (χ4n) is 5.17. The van der Waals surface area contributed by atoms with Gasteiger partial charge in [0, 0.05) is 54.4 Å². The fraction of sp³-hybridized carbons (Fsp3) is 0.370. The summed E-state index contributed by atoms with van der Waals surface area (Å²) in [4.78, 5) is 21.2. The first-order valence-electron chi connectivity index (χ1n) is 12.9. The van der Waals surface area contributed by atoms with Gasteiger partial charge in [0.05, 0.1) is 5.02 Å². The van der Waals surface area contributed by atoms with Crippen molar-refractivity contribution in [3.05, 3.63) is 63.8 Å². The number of para-hydroxylation sites is 1. The van der Waals surface area contributed by atoms with E-state index >= 15 is 0 Å². The number of aromatic nitrogens is 1. The van der Waals surface area contributed by atoms with Crippen LogP contribution in [0.15, 0.2) is 47.4 Å². The summed E-state index contributed by atoms with van der Waals surface area (Å²) in [7, 11) is -4.13. The number of nitrogens with one attached hydrogen (secondary N) is 1. The highest BCUT2D eigenvalue weighted by Crippen LogP contribution is 2.36. The lowest BCUT2D eigenvalue weighted by Gasteiger charge is -2.37. The fourth-order valence-corrected chi connectivity index (χ4v) is 7.69. The molecule has 2 saturated heterocycles. The molecule has 1 atom stereocenters. The first-order chi connectivity index (χ1) is 19.1. The van der Waals surface area contributed by atoms with Crippen LogP contribution in [0.5, 0.6) is 5.75 Å². The second-order valence-corrected chi connectivity index (χ2v) is 12.5. The van der Waals surface area contributed by atoms with Crippen LogP contribution < -0.4 is 10.5 Å². The Bertz CT molecular complexity index is 1580. The third kappa shape index (κ3) is 6.66. The maximum absolute atomic E-state index is 13.9. The van der Waals surface area contributed by atoms with Crippen molar-refractivity contribution in [1.29, 1.82) is 5.41 Å². The van der Waals surface area contributed by atoms with Crippen LogP contribution in [0.3, 0.4) is 0 Å². The number of piperazine rings is 1. The largest absolute Gasteiger partial charge is 0.487 e. The van der Waals surface area contributed by atoms with Gasteiger partial charge >= 0.3 is 0 Å². The first kappa shape index (κ1) is 34.0. The van der Waals surface area contributed by atoms with Crippen LogP contribution in [0.25, 0.3) is 10.9 Å². The summed E-state index contributed by atoms with van der Waals surface area (Å²) in [5.41, 5.74) is 7.41. The molecule has 1 unspecified atom stereocenters. The van der Waals surface area contributed by atoms with E-state index in [9.17, 15) is 13.2 Å². The molecule has 42 heavy (non-hydrogen) atoms. The average Bonchev–Trinajstić information content (AvgIpc) is 3.44. The summed E-state index contributed by atoms with van der Waals surface area (Å²) >= 11 is 13.1. The number of benzene rings is 2. The molecule has 1 amide bonds. The molecule has 2 aliphatic heterocycles. The van der Waals surface area contributed by atoms with E-state index in [0.29, 0.717) is 55.9 Å². The lowest BCUT2D eigenvalue weighted by molar-refractivity contribution is -0.135. The van der Waals surface area contributed by atoms with E-state index in [2.05, 4.69) is 4.98 Å². The second kappa shape index (κ2) is 13.8. The quantitative estimate of drug-likeness (QED) is 0.291. The Hall–Kier alpha value is -2.54. The number of pyridine rings is 1. The maximum Gasteiger partial charge on any atom is 0.245 e. The number of ether oxygens (including phenoxy) is 1. The monoisotopic (exact) mass is 676 g/mol. The van der Waals surface area contributed by atoms with Gasteiger partial charge in [-0.2, -0.15) is 4.31 Å². The van der Waals surface area contributed by atoms with Crippen molar-refractivity contribution in [3.8, 4) is 5.75 Å². The zero-order valence-corrected chi connectivity index (χ0v) is 26.7. The highest BCUT2D eigenvalue weighted by Gasteiger charge is 2.42. The van der Waals surface area contributed by atoms with Crippen molar-refractivity contribution < 1.29 is 17.9 Å². The number of aryl methyl sites for hydroxylation is 1. The summed E-state index contributed by atoms with van der Waals surface area (Å²) in [6, 6.07) is 11.5. The van der Waals surface area contributed by atoms with Crippen molar-refractivity contribution in [2.45, 2.75) is 37.3 Å². The van der Waals surface area contributed by atoms with Crippen molar-refractivity contribution in [2.75, 3.05) is 32.7 Å². The van der Waals surface area contributed by atoms with Gasteiger partial charge in [-0.15, -0.1) is 24.8 Å². The molecule has 15 heteroatoms. The molecule has 0 aliphatic carbocycles. The van der Waals surface area contributed by atoms with Gasteiger partial charge in [-0.25, -0.2) is 13.4 Å². The van der Waals surface area contributed by atoms with E-state index in [-0.39, 0.29) is 64.8 Å². The van der Waals surface area contributed by atoms with E-state index in [4.69, 9.17) is 39.1 Å². The van der Waals surface area contributed by atoms with Gasteiger partial charge in [-0.05, 0) is 44.0 Å². The topological polar surface area (TPSA) is 133 Å². The second-order valence-electron chi connectivity index (χ2n) is 9.88. The summed E-state index contributed by atoms with van der Waals surface area (Å²) in [6.45, 7) is 3.62. The van der Waals surface area contributed by atoms with Crippen LogP contribution >= 0.6 is 48.0 Å². The average molecular weight is 678 g/mol. The summed E-state index contributed by atoms with van der Waals surface area (Å²) in [5.74, 6) is 0.231. The third-order valence-corrected chi connectivity index (χ3v) is 10.2. The number of rotatable bonds is 6. The minimum absolute atomic E-state index is 0. The highest BCUT2D eigenvalue weighted by molar-refractivity contribution is 7.89. The standard InChI is InChI=1S/C27H30Cl2N6O4S.2ClH/c1-17-7-8-18-4-2-6-22(25(18)32-17)39-16-19-20(28)9-10-23(24(19)29)40(37,38)35-11-3-5-21(35)26(36)33-12-14-34(15-13-33)27(30)31;;/h2,4,6-10,21H,3,5,11-16H2,1H3,(H3,30,31);2*1H. The molecule has 2 aromatic carbocycles. The Morgan fingerprint density at radius 3 is 2.43 bits per heavy atom. The number of halogens is 4. The molecule has 1 aromatic heterocycles. The van der Waals surface area contributed by atoms with Gasteiger partial charge in [-0.1, -0.05) is 41.4 Å². The molecule has 3 N–H and O–H groups in total. The summed E-state index contributed by atoms with van der Waals surface area (Å²) < 4.78 is 35.0. The van der Waals surface area contributed by atoms with Crippen molar-refractivity contribution in [2.24, 2.45) is 5.73 Å². The molecule has 0 spiro atoms. The van der Waals surface area contributed by atoms with E-state index in [1.54, 1.807) is 15.9 Å². The first-order valence-corrected chi connectivity index (χ1v) is 15.1. The third-order valence-electron chi connectivity index (χ3n) is 7.35. The molecular weight excluding hydrogens is 646 g/mol. The van der Waals surface area contributed by atoms with Gasteiger partial charge in [-0.3, -0.25) is 10.2 Å². The van der Waals surface area contributed by atoms with E-state index in [1.807, 2.05) is 31.2 Å². The zero-order chi connectivity index (χ0) is 28.6. The number of amides is 1. The summed E-state index contributed by atoms with van der Waals surface area (Å²) in [6.07, 6.45) is 0.970. The lowest BCUT2D eigenvalue weighted by Crippen LogP contribution is -2.56. The van der Waals surface area contributed by atoms with Crippen LogP contribution in [-0.4, -0.2) is 78.1 Å².